The van der Waals surface area contributed by atoms with Gasteiger partial charge in [-0.1, -0.05) is 25.7 Å². The van der Waals surface area contributed by atoms with Crippen LogP contribution in [0.3, 0.4) is 0 Å². The van der Waals surface area contributed by atoms with E-state index in [2.05, 4.69) is 34.3 Å². The van der Waals surface area contributed by atoms with Crippen LogP contribution in [0.5, 0.6) is 0 Å². The molecule has 2 aliphatic carbocycles. The average molecular weight is 481 g/mol. The van der Waals surface area contributed by atoms with Crippen molar-refractivity contribution in [2.45, 2.75) is 114 Å². The van der Waals surface area contributed by atoms with Gasteiger partial charge in [0.25, 0.3) is 0 Å². The van der Waals surface area contributed by atoms with Gasteiger partial charge in [0.1, 0.15) is 0 Å². The van der Waals surface area contributed by atoms with Gasteiger partial charge in [0.2, 0.25) is 0 Å². The third-order valence-corrected chi connectivity index (χ3v) is 8.21. The smallest absolute Gasteiger partial charge is 0.319 e. The van der Waals surface area contributed by atoms with Crippen LogP contribution in [0.25, 0.3) is 0 Å². The van der Waals surface area contributed by atoms with Crippen molar-refractivity contribution in [3.8, 4) is 0 Å². The Morgan fingerprint density at radius 2 is 1.06 bits per heavy atom. The Bertz CT molecular complexity index is 594. The molecule has 0 radical (unpaired) electrons. The molecule has 4 unspecified atom stereocenters. The summed E-state index contributed by atoms with van der Waals surface area (Å²) in [5.74, 6) is -0.296. The Balaban J connectivity index is 1.81. The van der Waals surface area contributed by atoms with Crippen LogP contribution < -0.4 is 10.6 Å². The molecule has 0 aromatic carbocycles. The molecule has 8 nitrogen and oxygen atoms in total. The van der Waals surface area contributed by atoms with E-state index in [1.165, 1.54) is 39.9 Å². The molecule has 2 saturated carbocycles. The summed E-state index contributed by atoms with van der Waals surface area (Å²) in [7, 11) is 2.97. The first kappa shape index (κ1) is 27.4. The molecule has 34 heavy (non-hydrogen) atoms. The number of ether oxygens (including phenoxy) is 2. The molecule has 3 aliphatic rings. The number of rotatable bonds is 4. The summed E-state index contributed by atoms with van der Waals surface area (Å²) in [5.41, 5.74) is 0. The average Bonchev–Trinajstić information content (AvgIpc) is 2.84. The van der Waals surface area contributed by atoms with E-state index in [-0.39, 0.29) is 11.9 Å². The van der Waals surface area contributed by atoms with E-state index in [1.54, 1.807) is 0 Å². The number of carbonyl (C=O) groups excluding carboxylic acids is 2. The zero-order valence-corrected chi connectivity index (χ0v) is 21.9. The summed E-state index contributed by atoms with van der Waals surface area (Å²) in [6, 6.07) is 2.11. The molecule has 1 saturated heterocycles. The number of nitrogens with zero attached hydrogens (tertiary/aromatic N) is 2. The van der Waals surface area contributed by atoms with Crippen LogP contribution >= 0.6 is 0 Å². The maximum Gasteiger partial charge on any atom is 0.319 e. The minimum Gasteiger partial charge on any atom is -0.468 e. The van der Waals surface area contributed by atoms with Gasteiger partial charge in [-0.15, -0.1) is 0 Å². The molecular formula is C26H48N4O4. The molecule has 3 rings (SSSR count). The van der Waals surface area contributed by atoms with Crippen molar-refractivity contribution in [3.05, 3.63) is 0 Å². The van der Waals surface area contributed by atoms with E-state index >= 15 is 0 Å². The Morgan fingerprint density at radius 3 is 1.44 bits per heavy atom. The fourth-order valence-electron chi connectivity index (χ4n) is 6.29. The molecule has 0 aromatic rings. The van der Waals surface area contributed by atoms with Crippen molar-refractivity contribution in [3.63, 3.8) is 0 Å². The number of nitrogens with one attached hydrogen (secondary N) is 2. The Morgan fingerprint density at radius 1 is 0.676 bits per heavy atom. The third kappa shape index (κ3) is 7.90. The molecular weight excluding hydrogens is 432 g/mol. The summed E-state index contributed by atoms with van der Waals surface area (Å²) in [4.78, 5) is 29.3. The molecule has 0 bridgehead atoms. The predicted octanol–water partition coefficient (Wildman–Crippen LogP) is 2.31. The minimum absolute atomic E-state index is 0.148. The highest BCUT2D eigenvalue weighted by atomic mass is 16.5. The molecule has 0 aromatic heterocycles. The molecule has 0 amide bonds. The van der Waals surface area contributed by atoms with Crippen LogP contribution in [0.1, 0.15) is 78.1 Å². The van der Waals surface area contributed by atoms with Crippen LogP contribution in [0, 0.1) is 0 Å². The lowest BCUT2D eigenvalue weighted by atomic mass is 9.87. The molecule has 3 fully saturated rings. The van der Waals surface area contributed by atoms with Gasteiger partial charge in [0.05, 0.1) is 27.3 Å². The van der Waals surface area contributed by atoms with Gasteiger partial charge in [-0.3, -0.25) is 19.4 Å². The standard InChI is InChI=1S/C26H48N4O4/c1-19-13-15-29(17-25(31)33-3)24-12-8-6-10-22(24)28-20(2)14-16-30(18-26(32)34-4)23-11-7-5-9-21(23)27-19/h19-24,27-28H,5-18H2,1-4H3/t19-,20+,21?,22?,23?,24?. The second-order valence-electron chi connectivity index (χ2n) is 10.7. The molecule has 196 valence electrons. The van der Waals surface area contributed by atoms with E-state index in [0.717, 1.165) is 51.6 Å². The fourth-order valence-corrected chi connectivity index (χ4v) is 6.29. The van der Waals surface area contributed by atoms with Crippen LogP contribution in [0.15, 0.2) is 0 Å². The van der Waals surface area contributed by atoms with Crippen molar-refractivity contribution < 1.29 is 19.1 Å². The maximum absolute atomic E-state index is 12.3. The van der Waals surface area contributed by atoms with Gasteiger partial charge >= 0.3 is 11.9 Å². The summed E-state index contributed by atoms with van der Waals surface area (Å²) in [6.45, 7) is 7.00. The summed E-state index contributed by atoms with van der Waals surface area (Å²) >= 11 is 0. The molecule has 0 spiro atoms. The lowest BCUT2D eigenvalue weighted by molar-refractivity contribution is -0.144. The first-order valence-electron chi connectivity index (χ1n) is 13.5. The van der Waals surface area contributed by atoms with Crippen molar-refractivity contribution in [1.82, 2.24) is 20.4 Å². The molecule has 2 N–H and O–H groups in total. The molecule has 8 heteroatoms. The monoisotopic (exact) mass is 480 g/mol. The summed E-state index contributed by atoms with van der Waals surface area (Å²) in [6.07, 6.45) is 11.3. The van der Waals surface area contributed by atoms with Crippen molar-refractivity contribution in [2.75, 3.05) is 40.4 Å². The quantitative estimate of drug-likeness (QED) is 0.593. The van der Waals surface area contributed by atoms with Gasteiger partial charge < -0.3 is 20.1 Å². The second-order valence-corrected chi connectivity index (χ2v) is 10.7. The topological polar surface area (TPSA) is 83.1 Å². The second kappa shape index (κ2) is 13.8. The molecule has 6 atom stereocenters. The zero-order valence-electron chi connectivity index (χ0n) is 21.9. The van der Waals surface area contributed by atoms with Gasteiger partial charge in [-0.2, -0.15) is 0 Å². The maximum atomic E-state index is 12.3. The van der Waals surface area contributed by atoms with Gasteiger partial charge in [0, 0.05) is 49.3 Å². The number of hydrogen-bond donors (Lipinski definition) is 2. The number of esters is 2. The summed E-state index contributed by atoms with van der Waals surface area (Å²) in [5, 5.41) is 7.83. The van der Waals surface area contributed by atoms with E-state index in [0.29, 0.717) is 49.3 Å². The van der Waals surface area contributed by atoms with E-state index in [9.17, 15) is 9.59 Å². The predicted molar refractivity (Wildman–Crippen MR) is 134 cm³/mol. The Hall–Kier alpha value is -1.22. The molecule has 1 heterocycles. The van der Waals surface area contributed by atoms with Crippen molar-refractivity contribution >= 4 is 11.9 Å². The highest BCUT2D eigenvalue weighted by Crippen LogP contribution is 2.27. The number of fused-ring (bicyclic) bond motifs is 2. The van der Waals surface area contributed by atoms with Crippen molar-refractivity contribution in [2.24, 2.45) is 0 Å². The lowest BCUT2D eigenvalue weighted by Crippen LogP contribution is -2.58. The van der Waals surface area contributed by atoms with Crippen LogP contribution in [0.2, 0.25) is 0 Å². The highest BCUT2D eigenvalue weighted by Gasteiger charge is 2.35. The van der Waals surface area contributed by atoms with Gasteiger partial charge in [-0.05, 0) is 52.4 Å². The number of hydrogen-bond acceptors (Lipinski definition) is 8. The first-order chi connectivity index (χ1) is 16.4. The highest BCUT2D eigenvalue weighted by molar-refractivity contribution is 5.71. The fraction of sp³-hybridized carbons (Fsp3) is 0.923. The largest absolute Gasteiger partial charge is 0.468 e. The van der Waals surface area contributed by atoms with Crippen molar-refractivity contribution in [1.29, 1.82) is 0 Å². The van der Waals surface area contributed by atoms with E-state index < -0.39 is 0 Å². The SMILES string of the molecule is COC(=O)CN1CC[C@H](C)NC2CCCCC2N(CC(=O)OC)CC[C@@H](C)NC2CCCCC21. The Labute approximate surface area is 206 Å². The number of methoxy groups -OCH3 is 2. The minimum atomic E-state index is -0.148. The zero-order chi connectivity index (χ0) is 24.5. The van der Waals surface area contributed by atoms with E-state index in [4.69, 9.17) is 9.47 Å². The Kier molecular flexibility index (Phi) is 11.1. The van der Waals surface area contributed by atoms with Gasteiger partial charge in [-0.25, -0.2) is 0 Å². The normalized spacial score (nSPS) is 34.8. The lowest BCUT2D eigenvalue weighted by Gasteiger charge is -2.44. The number of carbonyl (C=O) groups is 2. The molecule has 1 aliphatic heterocycles. The third-order valence-electron chi connectivity index (χ3n) is 8.21. The van der Waals surface area contributed by atoms with Crippen LogP contribution in [0.4, 0.5) is 0 Å². The first-order valence-corrected chi connectivity index (χ1v) is 13.5. The van der Waals surface area contributed by atoms with E-state index in [1.807, 2.05) is 0 Å². The van der Waals surface area contributed by atoms with Crippen LogP contribution in [-0.4, -0.2) is 98.4 Å². The summed E-state index contributed by atoms with van der Waals surface area (Å²) < 4.78 is 10.1. The van der Waals surface area contributed by atoms with Gasteiger partial charge in [0.15, 0.2) is 0 Å². The van der Waals surface area contributed by atoms with Crippen LogP contribution in [-0.2, 0) is 19.1 Å².